The van der Waals surface area contributed by atoms with Crippen LogP contribution in [0.4, 0.5) is 0 Å². The number of nitrogens with one attached hydrogen (secondary N) is 1. The van der Waals surface area contributed by atoms with E-state index in [0.717, 1.165) is 32.3 Å². The third-order valence-electron chi connectivity index (χ3n) is 2.92. The molecule has 2 rings (SSSR count). The van der Waals surface area contributed by atoms with E-state index in [4.69, 9.17) is 4.74 Å². The lowest BCUT2D eigenvalue weighted by molar-refractivity contribution is -0.130. The van der Waals surface area contributed by atoms with E-state index in [1.165, 1.54) is 12.8 Å². The minimum Gasteiger partial charge on any atom is -0.368 e. The summed E-state index contributed by atoms with van der Waals surface area (Å²) in [4.78, 5) is 11.6. The molecule has 1 aliphatic heterocycles. The van der Waals surface area contributed by atoms with Gasteiger partial charge in [-0.3, -0.25) is 4.79 Å². The monoisotopic (exact) mass is 183 g/mol. The topological polar surface area (TPSA) is 38.3 Å². The smallest absolute Gasteiger partial charge is 0.249 e. The van der Waals surface area contributed by atoms with E-state index in [1.54, 1.807) is 0 Å². The van der Waals surface area contributed by atoms with E-state index in [0.29, 0.717) is 6.04 Å². The van der Waals surface area contributed by atoms with E-state index in [9.17, 15) is 4.79 Å². The third-order valence-corrected chi connectivity index (χ3v) is 2.92. The van der Waals surface area contributed by atoms with Crippen molar-refractivity contribution in [2.75, 3.05) is 6.61 Å². The van der Waals surface area contributed by atoms with E-state index in [-0.39, 0.29) is 12.0 Å². The Hall–Kier alpha value is -0.570. The van der Waals surface area contributed by atoms with Crippen LogP contribution in [0.15, 0.2) is 0 Å². The van der Waals surface area contributed by atoms with Gasteiger partial charge in [0, 0.05) is 12.6 Å². The Balaban J connectivity index is 1.76. The second-order valence-electron chi connectivity index (χ2n) is 3.99. The number of ether oxygens (including phenoxy) is 1. The normalized spacial score (nSPS) is 29.4. The summed E-state index contributed by atoms with van der Waals surface area (Å²) in [6.07, 6.45) is 6.60. The molecule has 1 aliphatic carbocycles. The molecule has 1 saturated carbocycles. The summed E-state index contributed by atoms with van der Waals surface area (Å²) in [5, 5.41) is 3.06. The van der Waals surface area contributed by atoms with Crippen molar-refractivity contribution >= 4 is 5.91 Å². The fourth-order valence-corrected chi connectivity index (χ4v) is 2.15. The lowest BCUT2D eigenvalue weighted by Crippen LogP contribution is -2.39. The molecule has 1 heterocycles. The summed E-state index contributed by atoms with van der Waals surface area (Å²) in [7, 11) is 0. The summed E-state index contributed by atoms with van der Waals surface area (Å²) >= 11 is 0. The van der Waals surface area contributed by atoms with Crippen molar-refractivity contribution in [2.45, 2.75) is 50.7 Å². The van der Waals surface area contributed by atoms with Crippen molar-refractivity contribution in [3.8, 4) is 0 Å². The van der Waals surface area contributed by atoms with E-state index >= 15 is 0 Å². The van der Waals surface area contributed by atoms with Gasteiger partial charge in [-0.05, 0) is 25.7 Å². The van der Waals surface area contributed by atoms with Crippen LogP contribution in [-0.4, -0.2) is 24.7 Å². The van der Waals surface area contributed by atoms with Gasteiger partial charge in [0.15, 0.2) is 0 Å². The number of hydrogen-bond donors (Lipinski definition) is 1. The predicted molar refractivity (Wildman–Crippen MR) is 49.4 cm³/mol. The molecule has 1 N–H and O–H groups in total. The highest BCUT2D eigenvalue weighted by Crippen LogP contribution is 2.19. The molecule has 0 radical (unpaired) electrons. The maximum atomic E-state index is 11.6. The van der Waals surface area contributed by atoms with E-state index in [1.807, 2.05) is 0 Å². The van der Waals surface area contributed by atoms with Crippen LogP contribution in [-0.2, 0) is 9.53 Å². The van der Waals surface area contributed by atoms with Crippen molar-refractivity contribution in [1.82, 2.24) is 5.32 Å². The Labute approximate surface area is 78.8 Å². The molecule has 0 aromatic heterocycles. The zero-order valence-electron chi connectivity index (χ0n) is 7.92. The molecule has 0 aromatic carbocycles. The molecule has 13 heavy (non-hydrogen) atoms. The molecule has 2 aliphatic rings. The number of amides is 1. The van der Waals surface area contributed by atoms with Crippen LogP contribution in [0, 0.1) is 0 Å². The zero-order chi connectivity index (χ0) is 9.10. The molecular weight excluding hydrogens is 166 g/mol. The third kappa shape index (κ3) is 2.21. The molecule has 74 valence electrons. The van der Waals surface area contributed by atoms with Crippen LogP contribution in [0.5, 0.6) is 0 Å². The standard InChI is InChI=1S/C10H17NO2/c12-10(9-6-3-7-13-9)11-8-4-1-2-5-8/h8-9H,1-7H2,(H,11,12)/t9-/m1/s1. The Bertz CT molecular complexity index is 181. The highest BCUT2D eigenvalue weighted by Gasteiger charge is 2.26. The Morgan fingerprint density at radius 2 is 1.92 bits per heavy atom. The van der Waals surface area contributed by atoms with Crippen LogP contribution >= 0.6 is 0 Å². The van der Waals surface area contributed by atoms with Gasteiger partial charge in [-0.1, -0.05) is 12.8 Å². The Morgan fingerprint density at radius 1 is 1.15 bits per heavy atom. The minimum atomic E-state index is -0.152. The zero-order valence-corrected chi connectivity index (χ0v) is 7.92. The van der Waals surface area contributed by atoms with Gasteiger partial charge < -0.3 is 10.1 Å². The number of hydrogen-bond acceptors (Lipinski definition) is 2. The van der Waals surface area contributed by atoms with Crippen LogP contribution in [0.1, 0.15) is 38.5 Å². The summed E-state index contributed by atoms with van der Waals surface area (Å²) in [6, 6.07) is 0.427. The molecule has 0 spiro atoms. The largest absolute Gasteiger partial charge is 0.368 e. The summed E-state index contributed by atoms with van der Waals surface area (Å²) < 4.78 is 5.31. The van der Waals surface area contributed by atoms with Gasteiger partial charge in [0.05, 0.1) is 0 Å². The van der Waals surface area contributed by atoms with Crippen LogP contribution < -0.4 is 5.32 Å². The van der Waals surface area contributed by atoms with Crippen molar-refractivity contribution < 1.29 is 9.53 Å². The first-order chi connectivity index (χ1) is 6.36. The first kappa shape index (κ1) is 9.00. The summed E-state index contributed by atoms with van der Waals surface area (Å²) in [6.45, 7) is 0.753. The molecule has 1 amide bonds. The Morgan fingerprint density at radius 3 is 2.54 bits per heavy atom. The van der Waals surface area contributed by atoms with Gasteiger partial charge in [-0.15, -0.1) is 0 Å². The van der Waals surface area contributed by atoms with Gasteiger partial charge >= 0.3 is 0 Å². The van der Waals surface area contributed by atoms with Crippen LogP contribution in [0.3, 0.4) is 0 Å². The molecule has 1 atom stereocenters. The molecule has 2 fully saturated rings. The average Bonchev–Trinajstić information content (AvgIpc) is 2.74. The fourth-order valence-electron chi connectivity index (χ4n) is 2.15. The second kappa shape index (κ2) is 4.09. The number of rotatable bonds is 2. The summed E-state index contributed by atoms with van der Waals surface area (Å²) in [5.41, 5.74) is 0. The number of carbonyl (C=O) groups is 1. The lowest BCUT2D eigenvalue weighted by Gasteiger charge is -2.15. The molecular formula is C10H17NO2. The Kier molecular flexibility index (Phi) is 2.83. The SMILES string of the molecule is O=C(NC1CCCC1)[C@H]1CCCO1. The molecule has 0 bridgehead atoms. The molecule has 3 nitrogen and oxygen atoms in total. The average molecular weight is 183 g/mol. The highest BCUT2D eigenvalue weighted by molar-refractivity contribution is 5.81. The minimum absolute atomic E-state index is 0.115. The molecule has 1 saturated heterocycles. The van der Waals surface area contributed by atoms with Crippen molar-refractivity contribution in [2.24, 2.45) is 0 Å². The second-order valence-corrected chi connectivity index (χ2v) is 3.99. The maximum Gasteiger partial charge on any atom is 0.249 e. The van der Waals surface area contributed by atoms with Gasteiger partial charge in [0.2, 0.25) is 5.91 Å². The van der Waals surface area contributed by atoms with Crippen LogP contribution in [0.25, 0.3) is 0 Å². The van der Waals surface area contributed by atoms with Crippen molar-refractivity contribution in [3.05, 3.63) is 0 Å². The fraction of sp³-hybridized carbons (Fsp3) is 0.900. The van der Waals surface area contributed by atoms with Crippen molar-refractivity contribution in [1.29, 1.82) is 0 Å². The van der Waals surface area contributed by atoms with Gasteiger partial charge in [0.25, 0.3) is 0 Å². The highest BCUT2D eigenvalue weighted by atomic mass is 16.5. The first-order valence-electron chi connectivity index (χ1n) is 5.28. The van der Waals surface area contributed by atoms with Gasteiger partial charge in [0.1, 0.15) is 6.10 Å². The predicted octanol–water partition coefficient (Wildman–Crippen LogP) is 1.22. The summed E-state index contributed by atoms with van der Waals surface area (Å²) in [5.74, 6) is 0.115. The molecule has 0 unspecified atom stereocenters. The molecule has 0 aromatic rings. The van der Waals surface area contributed by atoms with Crippen molar-refractivity contribution in [3.63, 3.8) is 0 Å². The molecule has 3 heteroatoms. The number of carbonyl (C=O) groups excluding carboxylic acids is 1. The maximum absolute atomic E-state index is 11.6. The lowest BCUT2D eigenvalue weighted by atomic mass is 10.2. The first-order valence-corrected chi connectivity index (χ1v) is 5.28. The van der Waals surface area contributed by atoms with Gasteiger partial charge in [-0.2, -0.15) is 0 Å². The quantitative estimate of drug-likeness (QED) is 0.699. The van der Waals surface area contributed by atoms with E-state index in [2.05, 4.69) is 5.32 Å². The van der Waals surface area contributed by atoms with E-state index < -0.39 is 0 Å². The van der Waals surface area contributed by atoms with Gasteiger partial charge in [-0.25, -0.2) is 0 Å². The van der Waals surface area contributed by atoms with Crippen LogP contribution in [0.2, 0.25) is 0 Å².